The number of hydrogen-bond donors (Lipinski definition) is 0. The monoisotopic (exact) mass is 640 g/mol. The van der Waals surface area contributed by atoms with E-state index in [4.69, 9.17) is 11.6 Å². The van der Waals surface area contributed by atoms with Crippen molar-refractivity contribution in [2.45, 2.75) is 68.7 Å². The van der Waals surface area contributed by atoms with Crippen molar-refractivity contribution in [1.29, 1.82) is 0 Å². The van der Waals surface area contributed by atoms with Crippen LogP contribution in [0.5, 0.6) is 0 Å². The van der Waals surface area contributed by atoms with Crippen molar-refractivity contribution < 1.29 is 4.79 Å². The minimum atomic E-state index is -0.0221. The predicted octanol–water partition coefficient (Wildman–Crippen LogP) is 11.6. The number of Topliss-reactive ketones (excluding diaryl/α,β-unsaturated/α-hetero) is 1. The SMILES string of the molecule is C=C(C)C(=C\C)/C=C(\C(C)=O)c1ccc(-c2ccccc2C)cc1Cl.C=C(C)CC.CC.Cc1ccc(N2CCN(C)CC2)cc1. The summed E-state index contributed by atoms with van der Waals surface area (Å²) in [5, 5.41) is 0.569. The van der Waals surface area contributed by atoms with E-state index in [1.165, 1.54) is 35.5 Å². The minimum absolute atomic E-state index is 0.0221. The van der Waals surface area contributed by atoms with Gasteiger partial charge in [-0.15, -0.1) is 6.58 Å². The third kappa shape index (κ3) is 13.4. The van der Waals surface area contributed by atoms with Gasteiger partial charge in [-0.2, -0.15) is 0 Å². The number of likely N-dealkylation sites (N-methyl/N-ethyl adjacent to an activating group) is 1. The number of rotatable bonds is 7. The molecule has 0 atom stereocenters. The molecule has 0 amide bonds. The summed E-state index contributed by atoms with van der Waals surface area (Å²) in [6.07, 6.45) is 4.92. The van der Waals surface area contributed by atoms with E-state index in [2.05, 4.69) is 87.2 Å². The molecule has 0 aromatic heterocycles. The van der Waals surface area contributed by atoms with Gasteiger partial charge in [0.25, 0.3) is 0 Å². The van der Waals surface area contributed by atoms with Gasteiger partial charge in [-0.25, -0.2) is 0 Å². The van der Waals surface area contributed by atoms with E-state index in [1.807, 2.05) is 77.1 Å². The van der Waals surface area contributed by atoms with Crippen molar-refractivity contribution in [3.8, 4) is 11.1 Å². The van der Waals surface area contributed by atoms with Crippen LogP contribution in [0, 0.1) is 13.8 Å². The van der Waals surface area contributed by atoms with Crippen LogP contribution >= 0.6 is 11.6 Å². The van der Waals surface area contributed by atoms with Crippen LogP contribution in [-0.2, 0) is 4.79 Å². The Kier molecular flexibility index (Phi) is 18.6. The molecule has 1 aliphatic heterocycles. The Morgan fingerprint density at radius 1 is 0.891 bits per heavy atom. The molecule has 4 rings (SSSR count). The van der Waals surface area contributed by atoms with Gasteiger partial charge < -0.3 is 9.80 Å². The molecule has 3 aromatic carbocycles. The molecule has 0 aliphatic carbocycles. The first-order valence-electron chi connectivity index (χ1n) is 16.4. The first-order chi connectivity index (χ1) is 21.9. The normalized spacial score (nSPS) is 13.2. The largest absolute Gasteiger partial charge is 0.369 e. The molecule has 248 valence electrons. The van der Waals surface area contributed by atoms with Gasteiger partial charge in [-0.05, 0) is 102 Å². The van der Waals surface area contributed by atoms with E-state index >= 15 is 0 Å². The highest BCUT2D eigenvalue weighted by atomic mass is 35.5. The van der Waals surface area contributed by atoms with Gasteiger partial charge >= 0.3 is 0 Å². The first kappa shape index (κ1) is 40.4. The average Bonchev–Trinajstić information content (AvgIpc) is 3.04. The molecular weight excluding hydrogens is 584 g/mol. The van der Waals surface area contributed by atoms with Crippen LogP contribution in [0.1, 0.15) is 71.6 Å². The lowest BCUT2D eigenvalue weighted by Crippen LogP contribution is -2.44. The highest BCUT2D eigenvalue weighted by molar-refractivity contribution is 6.35. The lowest BCUT2D eigenvalue weighted by molar-refractivity contribution is -0.111. The van der Waals surface area contributed by atoms with E-state index in [0.717, 1.165) is 47.3 Å². The number of carbonyl (C=O) groups excluding carboxylic acids is 1. The van der Waals surface area contributed by atoms with Crippen molar-refractivity contribution in [2.24, 2.45) is 0 Å². The molecule has 4 heteroatoms. The summed E-state index contributed by atoms with van der Waals surface area (Å²) in [6.45, 7) is 30.0. The molecule has 0 unspecified atom stereocenters. The third-order valence-corrected chi connectivity index (χ3v) is 8.02. The molecule has 46 heavy (non-hydrogen) atoms. The van der Waals surface area contributed by atoms with Crippen LogP contribution in [-0.4, -0.2) is 43.9 Å². The highest BCUT2D eigenvalue weighted by Gasteiger charge is 2.15. The van der Waals surface area contributed by atoms with Crippen LogP contribution in [0.4, 0.5) is 5.69 Å². The molecule has 1 aliphatic rings. The quantitative estimate of drug-likeness (QED) is 0.146. The van der Waals surface area contributed by atoms with Crippen LogP contribution < -0.4 is 4.90 Å². The predicted molar refractivity (Wildman–Crippen MR) is 206 cm³/mol. The van der Waals surface area contributed by atoms with Gasteiger partial charge in [0.05, 0.1) is 0 Å². The number of halogens is 1. The summed E-state index contributed by atoms with van der Waals surface area (Å²) in [7, 11) is 2.19. The number of aryl methyl sites for hydroxylation is 2. The van der Waals surface area contributed by atoms with E-state index < -0.39 is 0 Å². The maximum absolute atomic E-state index is 12.2. The number of benzene rings is 3. The summed E-state index contributed by atoms with van der Waals surface area (Å²) in [5.41, 5.74) is 10.5. The summed E-state index contributed by atoms with van der Waals surface area (Å²) in [5.74, 6) is -0.0221. The number of anilines is 1. The van der Waals surface area contributed by atoms with Crippen LogP contribution in [0.15, 0.2) is 109 Å². The summed E-state index contributed by atoms with van der Waals surface area (Å²) >= 11 is 6.54. The van der Waals surface area contributed by atoms with Gasteiger partial charge in [0.2, 0.25) is 0 Å². The minimum Gasteiger partial charge on any atom is -0.369 e. The zero-order valence-electron chi connectivity index (χ0n) is 30.1. The number of hydrogen-bond acceptors (Lipinski definition) is 3. The molecule has 0 N–H and O–H groups in total. The van der Waals surface area contributed by atoms with Gasteiger partial charge in [0.1, 0.15) is 0 Å². The smallest absolute Gasteiger partial charge is 0.160 e. The van der Waals surface area contributed by atoms with Gasteiger partial charge in [0.15, 0.2) is 5.78 Å². The van der Waals surface area contributed by atoms with E-state index in [9.17, 15) is 4.79 Å². The fraction of sp³-hybridized carbons (Fsp3) is 0.357. The highest BCUT2D eigenvalue weighted by Crippen LogP contribution is 2.32. The Hall–Kier alpha value is -3.66. The standard InChI is InChI=1S/C23H23ClO.C12H18N2.C5H10.C2H6/c1-6-18(15(2)3)13-22(17(5)25)21-12-11-19(14-23(21)24)20-10-8-7-9-16(20)4;1-11-3-5-12(6-4-11)14-9-7-13(2)8-10-14;1-4-5(2)3;1-2/h6-14H,2H2,1,3-5H3;3-6H,7-10H2,1-2H3;2,4H2,1,3H3;1-2H3/b18-6-,22-13+;;;. The number of nitrogens with zero attached hydrogens (tertiary/aromatic N) is 2. The molecule has 0 bridgehead atoms. The van der Waals surface area contributed by atoms with Crippen molar-refractivity contribution in [2.75, 3.05) is 38.1 Å². The zero-order chi connectivity index (χ0) is 34.8. The van der Waals surface area contributed by atoms with Crippen LogP contribution in [0.2, 0.25) is 5.02 Å². The van der Waals surface area contributed by atoms with E-state index in [-0.39, 0.29) is 5.78 Å². The topological polar surface area (TPSA) is 23.6 Å². The molecule has 0 radical (unpaired) electrons. The molecule has 1 heterocycles. The van der Waals surface area contributed by atoms with Gasteiger partial charge in [0, 0.05) is 48.0 Å². The molecule has 1 saturated heterocycles. The summed E-state index contributed by atoms with van der Waals surface area (Å²) < 4.78 is 0. The summed E-state index contributed by atoms with van der Waals surface area (Å²) in [4.78, 5) is 17.0. The number of ketones is 1. The molecule has 3 aromatic rings. The molecule has 0 spiro atoms. The Labute approximate surface area is 286 Å². The Balaban J connectivity index is 0.000000420. The maximum atomic E-state index is 12.2. The molecule has 1 fully saturated rings. The average molecular weight is 641 g/mol. The van der Waals surface area contributed by atoms with Crippen molar-refractivity contribution >= 4 is 28.6 Å². The van der Waals surface area contributed by atoms with Crippen LogP contribution in [0.25, 0.3) is 16.7 Å². The zero-order valence-corrected chi connectivity index (χ0v) is 30.9. The lowest BCUT2D eigenvalue weighted by Gasteiger charge is -2.34. The van der Waals surface area contributed by atoms with Crippen molar-refractivity contribution in [3.63, 3.8) is 0 Å². The molecule has 0 saturated carbocycles. The fourth-order valence-corrected chi connectivity index (χ4v) is 4.88. The lowest BCUT2D eigenvalue weighted by atomic mass is 9.94. The second kappa shape index (κ2) is 21.2. The van der Waals surface area contributed by atoms with Crippen molar-refractivity contribution in [3.05, 3.63) is 130 Å². The summed E-state index contributed by atoms with van der Waals surface area (Å²) in [6, 6.07) is 22.8. The van der Waals surface area contributed by atoms with Crippen LogP contribution in [0.3, 0.4) is 0 Å². The van der Waals surface area contributed by atoms with Gasteiger partial charge in [-0.3, -0.25) is 4.79 Å². The Morgan fingerprint density at radius 2 is 1.46 bits per heavy atom. The second-order valence-corrected chi connectivity index (χ2v) is 12.0. The third-order valence-electron chi connectivity index (χ3n) is 7.70. The van der Waals surface area contributed by atoms with Gasteiger partial charge in [-0.1, -0.05) is 110 Å². The number of carbonyl (C=O) groups is 1. The molecule has 3 nitrogen and oxygen atoms in total. The van der Waals surface area contributed by atoms with E-state index in [0.29, 0.717) is 10.6 Å². The number of piperazine rings is 1. The number of allylic oxidation sites excluding steroid dienone is 6. The maximum Gasteiger partial charge on any atom is 0.160 e. The Bertz CT molecular complexity index is 1470. The Morgan fingerprint density at radius 3 is 1.91 bits per heavy atom. The first-order valence-corrected chi connectivity index (χ1v) is 16.8. The van der Waals surface area contributed by atoms with E-state index in [1.54, 1.807) is 6.92 Å². The fourth-order valence-electron chi connectivity index (χ4n) is 4.60. The second-order valence-electron chi connectivity index (χ2n) is 11.6. The molecular formula is C42H57ClN2O. The van der Waals surface area contributed by atoms with Crippen molar-refractivity contribution in [1.82, 2.24) is 4.90 Å².